The van der Waals surface area contributed by atoms with Gasteiger partial charge in [0.15, 0.2) is 6.10 Å². The number of hydrogen-bond acceptors (Lipinski definition) is 3. The second kappa shape index (κ2) is 4.18. The standard InChI is InChI=1S/C10H17NO4/c1-10(2)4-6(10)8(12)11-5-7(15-3)9(13)14/h6-7H,4-5H2,1-3H3,(H,11,12)(H,13,14)/t6-,7?/m1/s1. The van der Waals surface area contributed by atoms with Crippen molar-refractivity contribution in [2.75, 3.05) is 13.7 Å². The van der Waals surface area contributed by atoms with Gasteiger partial charge in [-0.3, -0.25) is 4.79 Å². The summed E-state index contributed by atoms with van der Waals surface area (Å²) in [5.41, 5.74) is 0.0654. The van der Waals surface area contributed by atoms with Crippen LogP contribution in [0, 0.1) is 11.3 Å². The number of carbonyl (C=O) groups excluding carboxylic acids is 1. The molecule has 5 heteroatoms. The monoisotopic (exact) mass is 215 g/mol. The molecule has 0 aromatic rings. The van der Waals surface area contributed by atoms with Gasteiger partial charge in [-0.15, -0.1) is 0 Å². The number of aliphatic carboxylic acids is 1. The van der Waals surface area contributed by atoms with Gasteiger partial charge in [0.25, 0.3) is 0 Å². The Morgan fingerprint density at radius 3 is 2.47 bits per heavy atom. The highest BCUT2D eigenvalue weighted by Gasteiger charge is 2.50. The SMILES string of the molecule is COC(CNC(=O)[C@H]1CC1(C)C)C(=O)O. The molecule has 0 aliphatic heterocycles. The third-order valence-electron chi connectivity index (χ3n) is 2.85. The van der Waals surface area contributed by atoms with E-state index in [1.807, 2.05) is 13.8 Å². The summed E-state index contributed by atoms with van der Waals surface area (Å²) in [5, 5.41) is 11.3. The van der Waals surface area contributed by atoms with E-state index in [9.17, 15) is 9.59 Å². The first kappa shape index (κ1) is 12.0. The Kier molecular flexibility index (Phi) is 3.34. The number of amides is 1. The molecule has 2 atom stereocenters. The lowest BCUT2D eigenvalue weighted by atomic mass is 10.1. The van der Waals surface area contributed by atoms with Crippen molar-refractivity contribution in [3.8, 4) is 0 Å². The summed E-state index contributed by atoms with van der Waals surface area (Å²) in [6.45, 7) is 4.06. The van der Waals surface area contributed by atoms with Gasteiger partial charge >= 0.3 is 5.97 Å². The van der Waals surface area contributed by atoms with Gasteiger partial charge in [-0.1, -0.05) is 13.8 Å². The number of methoxy groups -OCH3 is 1. The van der Waals surface area contributed by atoms with E-state index < -0.39 is 12.1 Å². The number of ether oxygens (including phenoxy) is 1. The third kappa shape index (κ3) is 2.92. The van der Waals surface area contributed by atoms with Crippen LogP contribution in [0.2, 0.25) is 0 Å². The van der Waals surface area contributed by atoms with E-state index in [1.54, 1.807) is 0 Å². The highest BCUT2D eigenvalue weighted by molar-refractivity contribution is 5.83. The zero-order chi connectivity index (χ0) is 11.6. The maximum Gasteiger partial charge on any atom is 0.334 e. The molecule has 1 aliphatic rings. The molecule has 1 unspecified atom stereocenters. The van der Waals surface area contributed by atoms with Crippen LogP contribution in [0.4, 0.5) is 0 Å². The Morgan fingerprint density at radius 1 is 1.60 bits per heavy atom. The molecule has 5 nitrogen and oxygen atoms in total. The van der Waals surface area contributed by atoms with Gasteiger partial charge in [0, 0.05) is 13.0 Å². The minimum Gasteiger partial charge on any atom is -0.479 e. The van der Waals surface area contributed by atoms with Crippen molar-refractivity contribution >= 4 is 11.9 Å². The summed E-state index contributed by atoms with van der Waals surface area (Å²) in [4.78, 5) is 22.1. The predicted octanol–water partition coefficient (Wildman–Crippen LogP) is 0.248. The normalized spacial score (nSPS) is 24.3. The number of carbonyl (C=O) groups is 2. The number of carboxylic acids is 1. The van der Waals surface area contributed by atoms with Crippen LogP contribution in [0.25, 0.3) is 0 Å². The van der Waals surface area contributed by atoms with E-state index in [1.165, 1.54) is 7.11 Å². The summed E-state index contributed by atoms with van der Waals surface area (Å²) in [6.07, 6.45) is -0.0976. The molecule has 0 saturated heterocycles. The van der Waals surface area contributed by atoms with Gasteiger partial charge < -0.3 is 15.2 Å². The number of nitrogens with one attached hydrogen (secondary N) is 1. The van der Waals surface area contributed by atoms with E-state index in [2.05, 4.69) is 5.32 Å². The second-order valence-electron chi connectivity index (χ2n) is 4.55. The maximum absolute atomic E-state index is 11.5. The first-order valence-electron chi connectivity index (χ1n) is 4.92. The van der Waals surface area contributed by atoms with Crippen molar-refractivity contribution in [2.24, 2.45) is 11.3 Å². The molecule has 1 amide bonds. The second-order valence-corrected chi connectivity index (χ2v) is 4.55. The molecule has 1 rings (SSSR count). The lowest BCUT2D eigenvalue weighted by Crippen LogP contribution is -2.38. The average molecular weight is 215 g/mol. The van der Waals surface area contributed by atoms with Gasteiger partial charge in [0.1, 0.15) is 0 Å². The molecule has 0 spiro atoms. The fourth-order valence-corrected chi connectivity index (χ4v) is 1.50. The Morgan fingerprint density at radius 2 is 2.13 bits per heavy atom. The van der Waals surface area contributed by atoms with Gasteiger partial charge in [0.2, 0.25) is 5.91 Å². The van der Waals surface area contributed by atoms with Crippen molar-refractivity contribution in [1.29, 1.82) is 0 Å². The molecule has 2 N–H and O–H groups in total. The summed E-state index contributed by atoms with van der Waals surface area (Å²) >= 11 is 0. The molecule has 0 aromatic heterocycles. The number of hydrogen-bond donors (Lipinski definition) is 2. The largest absolute Gasteiger partial charge is 0.479 e. The van der Waals surface area contributed by atoms with Crippen molar-refractivity contribution in [3.05, 3.63) is 0 Å². The molecule has 1 fully saturated rings. The molecule has 1 saturated carbocycles. The topological polar surface area (TPSA) is 75.6 Å². The zero-order valence-electron chi connectivity index (χ0n) is 9.24. The average Bonchev–Trinajstić information content (AvgIpc) is 2.75. The summed E-state index contributed by atoms with van der Waals surface area (Å²) in [5.74, 6) is -1.13. The van der Waals surface area contributed by atoms with Gasteiger partial charge in [-0.25, -0.2) is 4.79 Å². The molecular formula is C10H17NO4. The highest BCUT2D eigenvalue weighted by atomic mass is 16.5. The van der Waals surface area contributed by atoms with Crippen LogP contribution in [0.1, 0.15) is 20.3 Å². The maximum atomic E-state index is 11.5. The fourth-order valence-electron chi connectivity index (χ4n) is 1.50. The summed E-state index contributed by atoms with van der Waals surface area (Å²) in [7, 11) is 1.31. The van der Waals surface area contributed by atoms with Gasteiger partial charge in [-0.05, 0) is 11.8 Å². The Balaban J connectivity index is 2.31. The molecular weight excluding hydrogens is 198 g/mol. The third-order valence-corrected chi connectivity index (χ3v) is 2.85. The van der Waals surface area contributed by atoms with E-state index in [0.29, 0.717) is 0 Å². The van der Waals surface area contributed by atoms with Gasteiger partial charge in [0.05, 0.1) is 6.54 Å². The van der Waals surface area contributed by atoms with Crippen LogP contribution < -0.4 is 5.32 Å². The van der Waals surface area contributed by atoms with Crippen LogP contribution in [-0.2, 0) is 14.3 Å². The molecule has 0 heterocycles. The van der Waals surface area contributed by atoms with E-state index in [4.69, 9.17) is 9.84 Å². The zero-order valence-corrected chi connectivity index (χ0v) is 9.24. The van der Waals surface area contributed by atoms with Crippen molar-refractivity contribution in [3.63, 3.8) is 0 Å². The minimum absolute atomic E-state index is 0.0174. The van der Waals surface area contributed by atoms with Crippen LogP contribution in [0.15, 0.2) is 0 Å². The Labute approximate surface area is 88.8 Å². The van der Waals surface area contributed by atoms with Crippen molar-refractivity contribution < 1.29 is 19.4 Å². The lowest BCUT2D eigenvalue weighted by molar-refractivity contribution is -0.148. The molecule has 86 valence electrons. The minimum atomic E-state index is -1.06. The lowest BCUT2D eigenvalue weighted by Gasteiger charge is -2.11. The van der Waals surface area contributed by atoms with Crippen LogP contribution in [0.5, 0.6) is 0 Å². The van der Waals surface area contributed by atoms with Crippen molar-refractivity contribution in [2.45, 2.75) is 26.4 Å². The number of carboxylic acid groups (broad SMARTS) is 1. The Hall–Kier alpha value is -1.10. The number of rotatable bonds is 5. The van der Waals surface area contributed by atoms with E-state index in [-0.39, 0.29) is 23.8 Å². The molecule has 1 aliphatic carbocycles. The smallest absolute Gasteiger partial charge is 0.334 e. The van der Waals surface area contributed by atoms with Gasteiger partial charge in [-0.2, -0.15) is 0 Å². The first-order valence-corrected chi connectivity index (χ1v) is 4.92. The highest BCUT2D eigenvalue weighted by Crippen LogP contribution is 2.51. The molecule has 0 radical (unpaired) electrons. The molecule has 0 aromatic carbocycles. The predicted molar refractivity (Wildman–Crippen MR) is 53.3 cm³/mol. The summed E-state index contributed by atoms with van der Waals surface area (Å²) in [6, 6.07) is 0. The molecule has 15 heavy (non-hydrogen) atoms. The Bertz CT molecular complexity index is 275. The molecule has 0 bridgehead atoms. The van der Waals surface area contributed by atoms with Crippen LogP contribution >= 0.6 is 0 Å². The van der Waals surface area contributed by atoms with Crippen LogP contribution in [0.3, 0.4) is 0 Å². The van der Waals surface area contributed by atoms with E-state index >= 15 is 0 Å². The fraction of sp³-hybridized carbons (Fsp3) is 0.800. The van der Waals surface area contributed by atoms with E-state index in [0.717, 1.165) is 6.42 Å². The van der Waals surface area contributed by atoms with Crippen molar-refractivity contribution in [1.82, 2.24) is 5.32 Å². The quantitative estimate of drug-likeness (QED) is 0.689. The summed E-state index contributed by atoms with van der Waals surface area (Å²) < 4.78 is 4.70. The van der Waals surface area contributed by atoms with Crippen LogP contribution in [-0.4, -0.2) is 36.7 Å². The first-order chi connectivity index (χ1) is 6.88.